The molecule has 0 saturated carbocycles. The second-order valence-electron chi connectivity index (χ2n) is 5.96. The van der Waals surface area contributed by atoms with E-state index in [0.717, 1.165) is 56.8 Å². The van der Waals surface area contributed by atoms with Crippen molar-refractivity contribution in [1.82, 2.24) is 4.90 Å². The molecule has 122 valence electrons. The summed E-state index contributed by atoms with van der Waals surface area (Å²) in [5, 5.41) is 3.69. The van der Waals surface area contributed by atoms with Crippen molar-refractivity contribution in [2.75, 3.05) is 43.4 Å². The van der Waals surface area contributed by atoms with Crippen molar-refractivity contribution in [1.29, 1.82) is 0 Å². The summed E-state index contributed by atoms with van der Waals surface area (Å²) in [4.78, 5) is 16.7. The third kappa shape index (κ3) is 4.89. The summed E-state index contributed by atoms with van der Waals surface area (Å²) in [6.07, 6.45) is 3.72. The van der Waals surface area contributed by atoms with Crippen LogP contribution in [0.2, 0.25) is 5.02 Å². The number of nitrogens with zero attached hydrogens (tertiary/aromatic N) is 2. The first-order chi connectivity index (χ1) is 10.6. The van der Waals surface area contributed by atoms with Gasteiger partial charge >= 0.3 is 0 Å². The maximum Gasteiger partial charge on any atom is 0.224 e. The van der Waals surface area contributed by atoms with Gasteiger partial charge < -0.3 is 15.1 Å². The SMILES string of the molecule is CCCCCC(=O)Nc1cc(Cl)ccc1N1CCN(C)CC1. The van der Waals surface area contributed by atoms with E-state index in [2.05, 4.69) is 29.1 Å². The lowest BCUT2D eigenvalue weighted by atomic mass is 10.2. The Morgan fingerprint density at radius 2 is 1.95 bits per heavy atom. The Labute approximate surface area is 138 Å². The van der Waals surface area contributed by atoms with Gasteiger partial charge in [-0.05, 0) is 31.7 Å². The number of piperazine rings is 1. The standard InChI is InChI=1S/C17H26ClN3O/c1-3-4-5-6-17(22)19-15-13-14(18)7-8-16(15)21-11-9-20(2)10-12-21/h7-8,13H,3-6,9-12H2,1-2H3,(H,19,22). The Morgan fingerprint density at radius 1 is 1.23 bits per heavy atom. The van der Waals surface area contributed by atoms with E-state index in [0.29, 0.717) is 11.4 Å². The molecule has 0 atom stereocenters. The fourth-order valence-corrected chi connectivity index (χ4v) is 2.85. The van der Waals surface area contributed by atoms with Gasteiger partial charge in [-0.2, -0.15) is 0 Å². The number of halogens is 1. The Balaban J connectivity index is 2.05. The molecule has 5 heteroatoms. The first kappa shape index (κ1) is 17.1. The summed E-state index contributed by atoms with van der Waals surface area (Å²) in [7, 11) is 2.13. The second-order valence-corrected chi connectivity index (χ2v) is 6.39. The van der Waals surface area contributed by atoms with Crippen LogP contribution in [0.25, 0.3) is 0 Å². The molecular formula is C17H26ClN3O. The van der Waals surface area contributed by atoms with E-state index in [1.54, 1.807) is 0 Å². The molecule has 1 aliphatic heterocycles. The second kappa shape index (κ2) is 8.39. The molecule has 0 spiro atoms. The number of unbranched alkanes of at least 4 members (excludes halogenated alkanes) is 2. The van der Waals surface area contributed by atoms with Crippen molar-refractivity contribution in [3.05, 3.63) is 23.2 Å². The van der Waals surface area contributed by atoms with Crippen molar-refractivity contribution >= 4 is 28.9 Å². The maximum absolute atomic E-state index is 12.1. The molecule has 2 rings (SSSR count). The largest absolute Gasteiger partial charge is 0.367 e. The maximum atomic E-state index is 12.1. The molecular weight excluding hydrogens is 298 g/mol. The third-order valence-electron chi connectivity index (χ3n) is 4.08. The first-order valence-electron chi connectivity index (χ1n) is 8.13. The van der Waals surface area contributed by atoms with Crippen LogP contribution in [0.3, 0.4) is 0 Å². The zero-order valence-electron chi connectivity index (χ0n) is 13.6. The molecule has 0 aliphatic carbocycles. The van der Waals surface area contributed by atoms with Gasteiger partial charge in [-0.15, -0.1) is 0 Å². The molecule has 0 bridgehead atoms. The Morgan fingerprint density at radius 3 is 2.64 bits per heavy atom. The minimum Gasteiger partial charge on any atom is -0.367 e. The van der Waals surface area contributed by atoms with Gasteiger partial charge in [0.25, 0.3) is 0 Å². The van der Waals surface area contributed by atoms with Gasteiger partial charge in [0, 0.05) is 37.6 Å². The number of anilines is 2. The molecule has 0 radical (unpaired) electrons. The highest BCUT2D eigenvalue weighted by Crippen LogP contribution is 2.30. The average Bonchev–Trinajstić information content (AvgIpc) is 2.49. The molecule has 4 nitrogen and oxygen atoms in total. The van der Waals surface area contributed by atoms with E-state index >= 15 is 0 Å². The van der Waals surface area contributed by atoms with Crippen LogP contribution < -0.4 is 10.2 Å². The van der Waals surface area contributed by atoms with Gasteiger partial charge in [0.2, 0.25) is 5.91 Å². The van der Waals surface area contributed by atoms with Crippen LogP contribution in [0.1, 0.15) is 32.6 Å². The van der Waals surface area contributed by atoms with Crippen LogP contribution in [0.5, 0.6) is 0 Å². The van der Waals surface area contributed by atoms with Crippen LogP contribution >= 0.6 is 11.6 Å². The Kier molecular flexibility index (Phi) is 6.52. The lowest BCUT2D eigenvalue weighted by Crippen LogP contribution is -2.44. The van der Waals surface area contributed by atoms with Gasteiger partial charge in [-0.25, -0.2) is 0 Å². The van der Waals surface area contributed by atoms with Crippen LogP contribution in [-0.2, 0) is 4.79 Å². The highest BCUT2D eigenvalue weighted by Gasteiger charge is 2.18. The van der Waals surface area contributed by atoms with E-state index < -0.39 is 0 Å². The van der Waals surface area contributed by atoms with Crippen molar-refractivity contribution < 1.29 is 4.79 Å². The molecule has 22 heavy (non-hydrogen) atoms. The number of hydrogen-bond acceptors (Lipinski definition) is 3. The van der Waals surface area contributed by atoms with Gasteiger partial charge in [-0.1, -0.05) is 31.4 Å². The van der Waals surface area contributed by atoms with Crippen molar-refractivity contribution in [2.24, 2.45) is 0 Å². The predicted molar refractivity (Wildman–Crippen MR) is 93.9 cm³/mol. The minimum atomic E-state index is 0.0751. The lowest BCUT2D eigenvalue weighted by Gasteiger charge is -2.35. The molecule has 0 unspecified atom stereocenters. The van der Waals surface area contributed by atoms with Gasteiger partial charge in [0.1, 0.15) is 0 Å². The number of nitrogens with one attached hydrogen (secondary N) is 1. The molecule has 1 aromatic carbocycles. The zero-order chi connectivity index (χ0) is 15.9. The van der Waals surface area contributed by atoms with E-state index in [1.807, 2.05) is 18.2 Å². The summed E-state index contributed by atoms with van der Waals surface area (Å²) < 4.78 is 0. The normalized spacial score (nSPS) is 15.9. The molecule has 1 fully saturated rings. The molecule has 1 aromatic rings. The number of amides is 1. The first-order valence-corrected chi connectivity index (χ1v) is 8.51. The zero-order valence-corrected chi connectivity index (χ0v) is 14.3. The fourth-order valence-electron chi connectivity index (χ4n) is 2.68. The molecule has 1 N–H and O–H groups in total. The van der Waals surface area contributed by atoms with Crippen molar-refractivity contribution in [3.63, 3.8) is 0 Å². The number of hydrogen-bond donors (Lipinski definition) is 1. The van der Waals surface area contributed by atoms with Crippen molar-refractivity contribution in [3.8, 4) is 0 Å². The lowest BCUT2D eigenvalue weighted by molar-refractivity contribution is -0.116. The summed E-state index contributed by atoms with van der Waals surface area (Å²) >= 11 is 6.11. The summed E-state index contributed by atoms with van der Waals surface area (Å²) in [6, 6.07) is 5.75. The number of carbonyl (C=O) groups excluding carboxylic acids is 1. The molecule has 0 aromatic heterocycles. The fraction of sp³-hybridized carbons (Fsp3) is 0.588. The van der Waals surface area contributed by atoms with Crippen LogP contribution in [0.15, 0.2) is 18.2 Å². The summed E-state index contributed by atoms with van der Waals surface area (Å²) in [5.74, 6) is 0.0751. The Bertz CT molecular complexity index is 499. The van der Waals surface area contributed by atoms with E-state index in [-0.39, 0.29) is 5.91 Å². The monoisotopic (exact) mass is 323 g/mol. The molecule has 1 aliphatic rings. The highest BCUT2D eigenvalue weighted by molar-refractivity contribution is 6.31. The van der Waals surface area contributed by atoms with Gasteiger partial charge in [-0.3, -0.25) is 4.79 Å². The molecule has 1 heterocycles. The van der Waals surface area contributed by atoms with Crippen LogP contribution in [0, 0.1) is 0 Å². The summed E-state index contributed by atoms with van der Waals surface area (Å²) in [5.41, 5.74) is 1.90. The van der Waals surface area contributed by atoms with E-state index in [9.17, 15) is 4.79 Å². The number of likely N-dealkylation sites (N-methyl/N-ethyl adjacent to an activating group) is 1. The quantitative estimate of drug-likeness (QED) is 0.812. The van der Waals surface area contributed by atoms with Gasteiger partial charge in [0.05, 0.1) is 11.4 Å². The number of benzene rings is 1. The van der Waals surface area contributed by atoms with Crippen LogP contribution in [0.4, 0.5) is 11.4 Å². The van der Waals surface area contributed by atoms with E-state index in [4.69, 9.17) is 11.6 Å². The van der Waals surface area contributed by atoms with E-state index in [1.165, 1.54) is 0 Å². The molecule has 1 saturated heterocycles. The summed E-state index contributed by atoms with van der Waals surface area (Å²) in [6.45, 7) is 6.15. The Hall–Kier alpha value is -1.26. The highest BCUT2D eigenvalue weighted by atomic mass is 35.5. The minimum absolute atomic E-state index is 0.0751. The predicted octanol–water partition coefficient (Wildman–Crippen LogP) is 3.61. The molecule has 1 amide bonds. The topological polar surface area (TPSA) is 35.6 Å². The van der Waals surface area contributed by atoms with Crippen LogP contribution in [-0.4, -0.2) is 44.0 Å². The van der Waals surface area contributed by atoms with Gasteiger partial charge in [0.15, 0.2) is 0 Å². The number of rotatable bonds is 6. The smallest absolute Gasteiger partial charge is 0.224 e. The third-order valence-corrected chi connectivity index (χ3v) is 4.32. The number of carbonyl (C=O) groups is 1. The van der Waals surface area contributed by atoms with Crippen molar-refractivity contribution in [2.45, 2.75) is 32.6 Å². The average molecular weight is 324 g/mol.